The van der Waals surface area contributed by atoms with E-state index in [1.165, 1.54) is 11.1 Å². The van der Waals surface area contributed by atoms with Gasteiger partial charge in [0, 0.05) is 18.2 Å². The first-order valence-electron chi connectivity index (χ1n) is 7.88. The van der Waals surface area contributed by atoms with Crippen LogP contribution in [0.2, 0.25) is 0 Å². The largest absolute Gasteiger partial charge is 0.491 e. The molecule has 22 heavy (non-hydrogen) atoms. The van der Waals surface area contributed by atoms with Crippen LogP contribution in [0.4, 0.5) is 0 Å². The minimum Gasteiger partial charge on any atom is -0.491 e. The van der Waals surface area contributed by atoms with Crippen LogP contribution >= 0.6 is 0 Å². The Balaban J connectivity index is 1.96. The lowest BCUT2D eigenvalue weighted by Crippen LogP contribution is -2.18. The molecule has 0 fully saturated rings. The van der Waals surface area contributed by atoms with Crippen molar-refractivity contribution in [1.82, 2.24) is 5.32 Å². The van der Waals surface area contributed by atoms with E-state index >= 15 is 0 Å². The van der Waals surface area contributed by atoms with Crippen molar-refractivity contribution in [1.29, 1.82) is 0 Å². The summed E-state index contributed by atoms with van der Waals surface area (Å²) < 4.78 is 5.56. The van der Waals surface area contributed by atoms with Crippen molar-refractivity contribution in [3.63, 3.8) is 0 Å². The third-order valence-corrected chi connectivity index (χ3v) is 3.81. The molecule has 1 atom stereocenters. The number of aryl methyl sites for hydroxylation is 1. The molecule has 2 rings (SSSR count). The lowest BCUT2D eigenvalue weighted by molar-refractivity contribution is 0.200. The van der Waals surface area contributed by atoms with Crippen molar-refractivity contribution in [3.05, 3.63) is 65.2 Å². The fourth-order valence-electron chi connectivity index (χ4n) is 2.37. The van der Waals surface area contributed by atoms with Gasteiger partial charge in [-0.25, -0.2) is 0 Å². The number of aliphatic hydroxyl groups excluding tert-OH is 1. The van der Waals surface area contributed by atoms with Crippen LogP contribution in [0.5, 0.6) is 5.75 Å². The molecule has 0 saturated heterocycles. The Labute approximate surface area is 133 Å². The molecule has 2 aromatic carbocycles. The molecule has 0 radical (unpaired) electrons. The van der Waals surface area contributed by atoms with E-state index in [4.69, 9.17) is 9.84 Å². The summed E-state index contributed by atoms with van der Waals surface area (Å²) >= 11 is 0. The topological polar surface area (TPSA) is 41.5 Å². The Hall–Kier alpha value is -1.84. The van der Waals surface area contributed by atoms with Gasteiger partial charge in [0.05, 0.1) is 6.61 Å². The van der Waals surface area contributed by atoms with Crippen LogP contribution in [0, 0.1) is 0 Å². The van der Waals surface area contributed by atoms with Crippen molar-refractivity contribution in [2.24, 2.45) is 0 Å². The van der Waals surface area contributed by atoms with Crippen molar-refractivity contribution < 1.29 is 9.84 Å². The lowest BCUT2D eigenvalue weighted by Gasteiger charge is -2.16. The Morgan fingerprint density at radius 3 is 2.50 bits per heavy atom. The number of rotatable bonds is 8. The summed E-state index contributed by atoms with van der Waals surface area (Å²) in [6.07, 6.45) is 1.07. The number of hydrogen-bond donors (Lipinski definition) is 2. The number of para-hydroxylation sites is 1. The molecule has 0 aromatic heterocycles. The molecule has 2 aromatic rings. The van der Waals surface area contributed by atoms with Crippen LogP contribution in [-0.2, 0) is 13.0 Å². The summed E-state index contributed by atoms with van der Waals surface area (Å²) in [7, 11) is 0. The van der Waals surface area contributed by atoms with E-state index in [0.717, 1.165) is 24.3 Å². The molecule has 2 N–H and O–H groups in total. The summed E-state index contributed by atoms with van der Waals surface area (Å²) in [4.78, 5) is 0. The van der Waals surface area contributed by atoms with Gasteiger partial charge in [-0.15, -0.1) is 0 Å². The smallest absolute Gasteiger partial charge is 0.123 e. The Bertz CT molecular complexity index is 566. The van der Waals surface area contributed by atoms with E-state index < -0.39 is 0 Å². The highest BCUT2D eigenvalue weighted by atomic mass is 16.5. The van der Waals surface area contributed by atoms with Gasteiger partial charge in [0.2, 0.25) is 0 Å². The summed E-state index contributed by atoms with van der Waals surface area (Å²) in [5.74, 6) is 0.831. The summed E-state index contributed by atoms with van der Waals surface area (Å²) in [6, 6.07) is 17.0. The van der Waals surface area contributed by atoms with Crippen molar-refractivity contribution in [2.45, 2.75) is 32.9 Å². The third-order valence-electron chi connectivity index (χ3n) is 3.81. The Morgan fingerprint density at radius 2 is 1.82 bits per heavy atom. The first-order chi connectivity index (χ1) is 10.7. The standard InChI is InChI=1S/C19H25NO2/c1-3-16-8-10-17(11-9-16)15(2)20-14-18-6-4-5-7-19(18)22-13-12-21/h4-11,15,20-21H,3,12-14H2,1-2H3. The quantitative estimate of drug-likeness (QED) is 0.784. The van der Waals surface area contributed by atoms with Gasteiger partial charge in [0.1, 0.15) is 12.4 Å². The van der Waals surface area contributed by atoms with Gasteiger partial charge in [-0.1, -0.05) is 49.4 Å². The monoisotopic (exact) mass is 299 g/mol. The summed E-state index contributed by atoms with van der Waals surface area (Å²) in [5, 5.41) is 12.4. The summed E-state index contributed by atoms with van der Waals surface area (Å²) in [6.45, 7) is 5.42. The molecule has 0 amide bonds. The molecule has 1 unspecified atom stereocenters. The highest BCUT2D eigenvalue weighted by molar-refractivity contribution is 5.33. The van der Waals surface area contributed by atoms with Gasteiger partial charge in [-0.05, 0) is 30.5 Å². The van der Waals surface area contributed by atoms with E-state index in [-0.39, 0.29) is 12.6 Å². The van der Waals surface area contributed by atoms with Crippen molar-refractivity contribution >= 4 is 0 Å². The Kier molecular flexibility index (Phi) is 6.44. The second kappa shape index (κ2) is 8.57. The van der Waals surface area contributed by atoms with Crippen LogP contribution in [0.3, 0.4) is 0 Å². The predicted molar refractivity (Wildman–Crippen MR) is 90.1 cm³/mol. The Morgan fingerprint density at radius 1 is 1.09 bits per heavy atom. The van der Waals surface area contributed by atoms with Crippen molar-refractivity contribution in [2.75, 3.05) is 13.2 Å². The first kappa shape index (κ1) is 16.5. The van der Waals surface area contributed by atoms with Gasteiger partial charge in [-0.3, -0.25) is 0 Å². The van der Waals surface area contributed by atoms with Crippen molar-refractivity contribution in [3.8, 4) is 5.75 Å². The zero-order chi connectivity index (χ0) is 15.8. The first-order valence-corrected chi connectivity index (χ1v) is 7.88. The SMILES string of the molecule is CCc1ccc(C(C)NCc2ccccc2OCCO)cc1. The second-order valence-electron chi connectivity index (χ2n) is 5.38. The van der Waals surface area contributed by atoms with Crippen LogP contribution < -0.4 is 10.1 Å². The molecular weight excluding hydrogens is 274 g/mol. The minimum absolute atomic E-state index is 0.0297. The normalized spacial score (nSPS) is 12.1. The van der Waals surface area contributed by atoms with Gasteiger partial charge in [0.25, 0.3) is 0 Å². The van der Waals surface area contributed by atoms with Crippen LogP contribution in [-0.4, -0.2) is 18.3 Å². The fourth-order valence-corrected chi connectivity index (χ4v) is 2.37. The molecule has 0 aliphatic rings. The average molecular weight is 299 g/mol. The number of aliphatic hydroxyl groups is 1. The van der Waals surface area contributed by atoms with Crippen LogP contribution in [0.1, 0.15) is 36.6 Å². The molecule has 3 nitrogen and oxygen atoms in total. The fraction of sp³-hybridized carbons (Fsp3) is 0.368. The zero-order valence-electron chi connectivity index (χ0n) is 13.4. The van der Waals surface area contributed by atoms with Gasteiger partial charge in [0.15, 0.2) is 0 Å². The maximum absolute atomic E-state index is 8.89. The van der Waals surface area contributed by atoms with Crippen LogP contribution in [0.15, 0.2) is 48.5 Å². The molecular formula is C19H25NO2. The van der Waals surface area contributed by atoms with E-state index in [1.54, 1.807) is 0 Å². The highest BCUT2D eigenvalue weighted by Gasteiger charge is 2.07. The molecule has 0 aliphatic carbocycles. The number of ether oxygens (including phenoxy) is 1. The highest BCUT2D eigenvalue weighted by Crippen LogP contribution is 2.20. The molecule has 0 aliphatic heterocycles. The second-order valence-corrected chi connectivity index (χ2v) is 5.38. The van der Waals surface area contributed by atoms with E-state index in [0.29, 0.717) is 6.61 Å². The van der Waals surface area contributed by atoms with Gasteiger partial charge < -0.3 is 15.2 Å². The summed E-state index contributed by atoms with van der Waals surface area (Å²) in [5.41, 5.74) is 3.75. The number of nitrogens with one attached hydrogen (secondary N) is 1. The van der Waals surface area contributed by atoms with Gasteiger partial charge >= 0.3 is 0 Å². The minimum atomic E-state index is 0.0297. The third kappa shape index (κ3) is 4.58. The lowest BCUT2D eigenvalue weighted by atomic mass is 10.0. The van der Waals surface area contributed by atoms with E-state index in [2.05, 4.69) is 43.4 Å². The maximum atomic E-state index is 8.89. The molecule has 0 heterocycles. The maximum Gasteiger partial charge on any atom is 0.123 e. The van der Waals surface area contributed by atoms with E-state index in [1.807, 2.05) is 24.3 Å². The molecule has 0 spiro atoms. The molecule has 118 valence electrons. The average Bonchev–Trinajstić information content (AvgIpc) is 2.58. The number of benzene rings is 2. The molecule has 3 heteroatoms. The van der Waals surface area contributed by atoms with Gasteiger partial charge in [-0.2, -0.15) is 0 Å². The predicted octanol–water partition coefficient (Wildman–Crippen LogP) is 3.47. The zero-order valence-corrected chi connectivity index (χ0v) is 13.4. The number of hydrogen-bond acceptors (Lipinski definition) is 3. The van der Waals surface area contributed by atoms with Crippen LogP contribution in [0.25, 0.3) is 0 Å². The molecule has 0 saturated carbocycles. The molecule has 0 bridgehead atoms. The van der Waals surface area contributed by atoms with E-state index in [9.17, 15) is 0 Å².